The highest BCUT2D eigenvalue weighted by atomic mass is 35.5. The number of fused-ring (bicyclic) bond motifs is 3. The van der Waals surface area contributed by atoms with Crippen LogP contribution in [0.5, 0.6) is 5.75 Å². The Hall–Kier alpha value is -3.57. The molecule has 3 aromatic carbocycles. The van der Waals surface area contributed by atoms with Crippen LogP contribution in [0.1, 0.15) is 58.9 Å². The summed E-state index contributed by atoms with van der Waals surface area (Å²) in [5, 5.41) is 10.5. The fraction of sp³-hybridized carbons (Fsp3) is 0.429. The molecule has 0 spiro atoms. The van der Waals surface area contributed by atoms with Gasteiger partial charge in [-0.15, -0.1) is 0 Å². The molecule has 248 valence electrons. The van der Waals surface area contributed by atoms with Gasteiger partial charge in [0.2, 0.25) is 0 Å². The second kappa shape index (κ2) is 12.8. The van der Waals surface area contributed by atoms with Gasteiger partial charge >= 0.3 is 5.97 Å². The van der Waals surface area contributed by atoms with Crippen LogP contribution in [-0.4, -0.2) is 79.7 Å². The number of rotatable bonds is 6. The number of carbonyl (C=O) groups excluding carboxylic acids is 1. The van der Waals surface area contributed by atoms with Crippen LogP contribution in [-0.2, 0) is 16.0 Å². The summed E-state index contributed by atoms with van der Waals surface area (Å²) in [6.07, 6.45) is 3.73. The number of benzene rings is 3. The lowest BCUT2D eigenvalue weighted by atomic mass is 9.96. The summed E-state index contributed by atoms with van der Waals surface area (Å²) in [7, 11) is 1.73. The van der Waals surface area contributed by atoms with Gasteiger partial charge in [0.25, 0.3) is 5.91 Å². The molecule has 1 N–H and O–H groups in total. The third-order valence-electron chi connectivity index (χ3n) is 9.97. The summed E-state index contributed by atoms with van der Waals surface area (Å²) >= 11 is 13.4. The van der Waals surface area contributed by atoms with E-state index in [0.717, 1.165) is 44.0 Å². The summed E-state index contributed by atoms with van der Waals surface area (Å²) in [4.78, 5) is 31.8. The van der Waals surface area contributed by atoms with Crippen molar-refractivity contribution in [3.63, 3.8) is 0 Å². The zero-order valence-electron chi connectivity index (χ0n) is 26.2. The smallest absolute Gasteiger partial charge is 0.337 e. The maximum atomic E-state index is 15.7. The van der Waals surface area contributed by atoms with Gasteiger partial charge in [-0.3, -0.25) is 4.79 Å². The molecule has 2 bridgehead atoms. The van der Waals surface area contributed by atoms with E-state index in [-0.39, 0.29) is 70.1 Å². The number of aromatic carboxylic acids is 1. The maximum absolute atomic E-state index is 15.7. The standard InChI is InChI=1S/C35H36Cl2FN3O6/c1-19-10-24(45-2)8-9-40(19)23-11-28(36)32(29(37)12-23)34(42)39-15-20-4-3-5-25(33(20)47-18-39)26-14-31(27(35(43)44)13-30(26)38)41-21-6-7-22(41)17-46-16-21/h3-5,11-14,19,21-22,24H,6-10,15-18H2,1-2H3,(H,43,44)/t19-,21?,22?,24-/m1/s1. The first-order valence-electron chi connectivity index (χ1n) is 15.9. The van der Waals surface area contributed by atoms with E-state index in [1.807, 2.05) is 6.07 Å². The number of halogens is 3. The molecule has 0 radical (unpaired) electrons. The minimum absolute atomic E-state index is 0.0321. The lowest BCUT2D eigenvalue weighted by Crippen LogP contribution is -2.46. The number of carboxylic acid groups (broad SMARTS) is 1. The molecule has 2 unspecified atom stereocenters. The maximum Gasteiger partial charge on any atom is 0.337 e. The number of carbonyl (C=O) groups is 2. The van der Waals surface area contributed by atoms with Gasteiger partial charge in [-0.1, -0.05) is 41.4 Å². The van der Waals surface area contributed by atoms with Crippen LogP contribution >= 0.6 is 23.2 Å². The SMILES string of the molecule is CO[C@@H]1CCN(c2cc(Cl)c(C(=O)N3COc4c(cccc4-c4cc(N5C6CCC5COC6)c(C(=O)O)cc4F)C3)c(Cl)c2)[C@H](C)C1. The van der Waals surface area contributed by atoms with Crippen molar-refractivity contribution in [2.75, 3.05) is 43.4 Å². The highest BCUT2D eigenvalue weighted by molar-refractivity contribution is 6.40. The number of ether oxygens (including phenoxy) is 3. The van der Waals surface area contributed by atoms with Crippen molar-refractivity contribution in [1.29, 1.82) is 0 Å². The second-order valence-electron chi connectivity index (χ2n) is 12.8. The topological polar surface area (TPSA) is 91.8 Å². The summed E-state index contributed by atoms with van der Waals surface area (Å²) in [5.74, 6) is -1.79. The highest BCUT2D eigenvalue weighted by Gasteiger charge is 2.40. The van der Waals surface area contributed by atoms with E-state index in [9.17, 15) is 14.7 Å². The number of hydrogen-bond acceptors (Lipinski definition) is 7. The first kappa shape index (κ1) is 32.0. The van der Waals surface area contributed by atoms with Gasteiger partial charge < -0.3 is 34.0 Å². The largest absolute Gasteiger partial charge is 0.478 e. The molecule has 12 heteroatoms. The van der Waals surface area contributed by atoms with Gasteiger partial charge in [0, 0.05) is 42.1 Å². The van der Waals surface area contributed by atoms with E-state index in [1.54, 1.807) is 37.4 Å². The molecule has 0 aromatic heterocycles. The number of carboxylic acids is 1. The fourth-order valence-corrected chi connectivity index (χ4v) is 8.24. The Morgan fingerprint density at radius 1 is 1.02 bits per heavy atom. The number of methoxy groups -OCH3 is 1. The molecule has 9 nitrogen and oxygen atoms in total. The van der Waals surface area contributed by atoms with Crippen molar-refractivity contribution in [2.45, 2.75) is 63.4 Å². The number of amides is 1. The molecule has 4 atom stereocenters. The van der Waals surface area contributed by atoms with E-state index in [4.69, 9.17) is 37.4 Å². The van der Waals surface area contributed by atoms with Crippen LogP contribution in [0.4, 0.5) is 15.8 Å². The first-order chi connectivity index (χ1) is 22.6. The lowest BCUT2D eigenvalue weighted by Gasteiger charge is -2.39. The van der Waals surface area contributed by atoms with E-state index in [2.05, 4.69) is 16.7 Å². The monoisotopic (exact) mass is 683 g/mol. The first-order valence-corrected chi connectivity index (χ1v) is 16.7. The highest BCUT2D eigenvalue weighted by Crippen LogP contribution is 2.43. The second-order valence-corrected chi connectivity index (χ2v) is 13.6. The Kier molecular flexibility index (Phi) is 8.72. The van der Waals surface area contributed by atoms with Gasteiger partial charge in [0.05, 0.1) is 64.8 Å². The summed E-state index contributed by atoms with van der Waals surface area (Å²) < 4.78 is 33.1. The van der Waals surface area contributed by atoms with Crippen molar-refractivity contribution in [3.05, 3.63) is 75.0 Å². The summed E-state index contributed by atoms with van der Waals surface area (Å²) in [6, 6.07) is 11.9. The zero-order chi connectivity index (χ0) is 33.0. The zero-order valence-corrected chi connectivity index (χ0v) is 27.7. The van der Waals surface area contributed by atoms with Crippen LogP contribution in [0.25, 0.3) is 11.1 Å². The van der Waals surface area contributed by atoms with Gasteiger partial charge in [-0.25, -0.2) is 9.18 Å². The predicted octanol–water partition coefficient (Wildman–Crippen LogP) is 6.86. The van der Waals surface area contributed by atoms with Gasteiger partial charge in [0.15, 0.2) is 6.73 Å². The number of anilines is 2. The third kappa shape index (κ3) is 5.79. The molecule has 4 aliphatic rings. The Balaban J connectivity index is 1.16. The Labute approximate surface area is 282 Å². The van der Waals surface area contributed by atoms with Gasteiger partial charge in [-0.2, -0.15) is 0 Å². The predicted molar refractivity (Wildman–Crippen MR) is 178 cm³/mol. The average Bonchev–Trinajstić information content (AvgIpc) is 3.30. The Morgan fingerprint density at radius 3 is 2.40 bits per heavy atom. The van der Waals surface area contributed by atoms with E-state index in [1.165, 1.54) is 4.90 Å². The van der Waals surface area contributed by atoms with Gasteiger partial charge in [-0.05, 0) is 56.9 Å². The van der Waals surface area contributed by atoms with Crippen molar-refractivity contribution in [2.24, 2.45) is 0 Å². The third-order valence-corrected chi connectivity index (χ3v) is 10.6. The number of para-hydroxylation sites is 1. The van der Waals surface area contributed by atoms with Crippen molar-refractivity contribution in [3.8, 4) is 16.9 Å². The Morgan fingerprint density at radius 2 is 1.74 bits per heavy atom. The molecule has 0 saturated carbocycles. The Bertz CT molecular complexity index is 1700. The summed E-state index contributed by atoms with van der Waals surface area (Å²) in [6.45, 7) is 4.00. The number of nitrogens with zero attached hydrogens (tertiary/aromatic N) is 3. The number of morpholine rings is 1. The normalized spacial score (nSPS) is 23.8. The van der Waals surface area contributed by atoms with Crippen molar-refractivity contribution >= 4 is 46.5 Å². The molecule has 3 fully saturated rings. The van der Waals surface area contributed by atoms with E-state index >= 15 is 4.39 Å². The van der Waals surface area contributed by atoms with Crippen LogP contribution in [0.15, 0.2) is 42.5 Å². The number of piperidine rings is 1. The van der Waals surface area contributed by atoms with Crippen LogP contribution in [0.2, 0.25) is 10.0 Å². The fourth-order valence-electron chi connectivity index (χ4n) is 7.61. The molecule has 3 saturated heterocycles. The van der Waals surface area contributed by atoms with Crippen molar-refractivity contribution < 1.29 is 33.3 Å². The van der Waals surface area contributed by atoms with E-state index in [0.29, 0.717) is 35.8 Å². The molecule has 4 aliphatic heterocycles. The summed E-state index contributed by atoms with van der Waals surface area (Å²) in [5.41, 5.74) is 2.83. The minimum Gasteiger partial charge on any atom is -0.478 e. The molecular formula is C35H36Cl2FN3O6. The van der Waals surface area contributed by atoms with Gasteiger partial charge in [0.1, 0.15) is 11.6 Å². The molecular weight excluding hydrogens is 648 g/mol. The minimum atomic E-state index is -1.19. The van der Waals surface area contributed by atoms with Crippen LogP contribution < -0.4 is 14.5 Å². The van der Waals surface area contributed by atoms with Crippen molar-refractivity contribution in [1.82, 2.24) is 4.90 Å². The van der Waals surface area contributed by atoms with Crippen LogP contribution in [0, 0.1) is 5.82 Å². The molecule has 4 heterocycles. The van der Waals surface area contributed by atoms with E-state index < -0.39 is 11.8 Å². The molecule has 7 rings (SSSR count). The molecule has 1 amide bonds. The molecule has 47 heavy (non-hydrogen) atoms. The average molecular weight is 685 g/mol. The lowest BCUT2D eigenvalue weighted by molar-refractivity contribution is 0.0516. The molecule has 0 aliphatic carbocycles. The number of hydrogen-bond donors (Lipinski definition) is 1. The van der Waals surface area contributed by atoms with Crippen LogP contribution in [0.3, 0.4) is 0 Å². The quantitative estimate of drug-likeness (QED) is 0.301. The molecule has 3 aromatic rings.